The van der Waals surface area contributed by atoms with Crippen molar-refractivity contribution in [1.29, 1.82) is 0 Å². The van der Waals surface area contributed by atoms with Gasteiger partial charge >= 0.3 is 5.69 Å². The molecule has 1 unspecified atom stereocenters. The summed E-state index contributed by atoms with van der Waals surface area (Å²) in [6, 6.07) is 1.17. The number of hydrogen-bond donors (Lipinski definition) is 3. The van der Waals surface area contributed by atoms with E-state index in [0.717, 1.165) is 13.3 Å². The van der Waals surface area contributed by atoms with E-state index < -0.39 is 29.6 Å². The Hall–Kier alpha value is -1.38. The Morgan fingerprint density at radius 3 is 2.63 bits per heavy atom. The summed E-state index contributed by atoms with van der Waals surface area (Å²) < 4.78 is 19.1. The molecule has 0 aliphatic rings. The summed E-state index contributed by atoms with van der Waals surface area (Å²) in [6.45, 7) is 0. The zero-order valence-electron chi connectivity index (χ0n) is 10.1. The lowest BCUT2D eigenvalue weighted by atomic mass is 9.60. The standard InChI is InChI=1S/C9H12B2FN3O4/c1-19-6(9(10,11)18)5(16)7(12)15-3-2-4(13)14-8(15)17/h2-3,5-7,16,18H,1H3,(H2,13,14,17)/t5-,6?,7+/m1/s1. The van der Waals surface area contributed by atoms with Gasteiger partial charge in [0.05, 0.1) is 6.10 Å². The molecule has 0 bridgehead atoms. The van der Waals surface area contributed by atoms with Crippen molar-refractivity contribution in [3.63, 3.8) is 0 Å². The summed E-state index contributed by atoms with van der Waals surface area (Å²) >= 11 is 0. The Balaban J connectivity index is 3.05. The van der Waals surface area contributed by atoms with Gasteiger partial charge in [0.25, 0.3) is 0 Å². The van der Waals surface area contributed by atoms with Crippen LogP contribution in [-0.2, 0) is 4.74 Å². The number of aliphatic hydroxyl groups excluding tert-OH is 1. The molecule has 100 valence electrons. The second-order valence-electron chi connectivity index (χ2n) is 3.95. The van der Waals surface area contributed by atoms with Crippen LogP contribution in [-0.4, -0.2) is 60.2 Å². The summed E-state index contributed by atoms with van der Waals surface area (Å²) in [5.41, 5.74) is 4.23. The third kappa shape index (κ3) is 3.55. The van der Waals surface area contributed by atoms with E-state index in [4.69, 9.17) is 21.4 Å². The van der Waals surface area contributed by atoms with Crippen molar-refractivity contribution < 1.29 is 19.3 Å². The maximum atomic E-state index is 14.0. The number of alkyl halides is 1. The van der Waals surface area contributed by atoms with E-state index in [1.807, 2.05) is 0 Å². The number of nitrogens with two attached hydrogens (primary N) is 1. The van der Waals surface area contributed by atoms with E-state index in [9.17, 15) is 19.4 Å². The van der Waals surface area contributed by atoms with Gasteiger partial charge in [0, 0.05) is 18.7 Å². The van der Waals surface area contributed by atoms with Crippen LogP contribution in [0, 0.1) is 0 Å². The van der Waals surface area contributed by atoms with Gasteiger partial charge < -0.3 is 20.7 Å². The van der Waals surface area contributed by atoms with Crippen LogP contribution in [0.3, 0.4) is 0 Å². The van der Waals surface area contributed by atoms with Crippen molar-refractivity contribution >= 4 is 21.5 Å². The van der Waals surface area contributed by atoms with Crippen LogP contribution in [0.15, 0.2) is 17.1 Å². The highest BCUT2D eigenvalue weighted by molar-refractivity contribution is 6.39. The largest absolute Gasteiger partial charge is 0.406 e. The molecule has 7 nitrogen and oxygen atoms in total. The van der Waals surface area contributed by atoms with Gasteiger partial charge in [-0.05, 0) is 6.07 Å². The van der Waals surface area contributed by atoms with Crippen LogP contribution in [0.4, 0.5) is 10.2 Å². The molecule has 0 fully saturated rings. The second kappa shape index (κ2) is 5.72. The lowest BCUT2D eigenvalue weighted by molar-refractivity contribution is -0.112. The summed E-state index contributed by atoms with van der Waals surface area (Å²) in [5, 5.41) is 16.6. The van der Waals surface area contributed by atoms with Crippen molar-refractivity contribution in [3.05, 3.63) is 22.7 Å². The fourth-order valence-corrected chi connectivity index (χ4v) is 1.52. The number of hydrogen-bond acceptors (Lipinski definition) is 6. The van der Waals surface area contributed by atoms with E-state index in [2.05, 4.69) is 9.72 Å². The van der Waals surface area contributed by atoms with Crippen LogP contribution in [0.2, 0.25) is 0 Å². The van der Waals surface area contributed by atoms with Crippen molar-refractivity contribution in [2.45, 2.75) is 23.9 Å². The highest BCUT2D eigenvalue weighted by Crippen LogP contribution is 2.21. The zero-order valence-corrected chi connectivity index (χ0v) is 10.1. The molecule has 0 aliphatic carbocycles. The van der Waals surface area contributed by atoms with Gasteiger partial charge in [0.1, 0.15) is 27.6 Å². The SMILES string of the molecule is [B]C([B])(O)C(OC)[C@@H](O)[C@@H](F)n1ccc(N)nc1=O. The first kappa shape index (κ1) is 15.7. The fourth-order valence-electron chi connectivity index (χ4n) is 1.52. The first-order valence-corrected chi connectivity index (χ1v) is 5.18. The van der Waals surface area contributed by atoms with Crippen LogP contribution in [0.1, 0.15) is 6.30 Å². The molecule has 19 heavy (non-hydrogen) atoms. The number of ether oxygens (including phenoxy) is 1. The topological polar surface area (TPSA) is 111 Å². The summed E-state index contributed by atoms with van der Waals surface area (Å²) in [4.78, 5) is 14.7. The zero-order chi connectivity index (χ0) is 14.8. The van der Waals surface area contributed by atoms with Crippen LogP contribution in [0.25, 0.3) is 0 Å². The van der Waals surface area contributed by atoms with Gasteiger partial charge in [-0.25, -0.2) is 9.18 Å². The monoisotopic (exact) mass is 267 g/mol. The molecule has 1 aromatic rings. The highest BCUT2D eigenvalue weighted by atomic mass is 19.1. The second-order valence-corrected chi connectivity index (χ2v) is 3.95. The van der Waals surface area contributed by atoms with E-state index in [0.29, 0.717) is 4.57 Å². The van der Waals surface area contributed by atoms with Gasteiger partial charge in [-0.15, -0.1) is 0 Å². The van der Waals surface area contributed by atoms with Crippen molar-refractivity contribution in [1.82, 2.24) is 9.55 Å². The van der Waals surface area contributed by atoms with E-state index in [1.165, 1.54) is 6.07 Å². The number of aliphatic hydroxyl groups is 2. The maximum Gasteiger partial charge on any atom is 0.351 e. The molecule has 4 radical (unpaired) electrons. The predicted octanol–water partition coefficient (Wildman–Crippen LogP) is -2.35. The number of anilines is 1. The molecule has 10 heteroatoms. The van der Waals surface area contributed by atoms with Crippen LogP contribution in [0.5, 0.6) is 0 Å². The Labute approximate surface area is 111 Å². The molecular weight excluding hydrogens is 255 g/mol. The molecule has 0 amide bonds. The Morgan fingerprint density at radius 1 is 1.63 bits per heavy atom. The normalized spacial score (nSPS) is 16.8. The van der Waals surface area contributed by atoms with Crippen molar-refractivity contribution in [2.24, 2.45) is 0 Å². The minimum atomic E-state index is -2.48. The minimum absolute atomic E-state index is 0.0969. The highest BCUT2D eigenvalue weighted by Gasteiger charge is 2.38. The maximum absolute atomic E-state index is 14.0. The molecule has 1 aromatic heterocycles. The predicted molar refractivity (Wildman–Crippen MR) is 66.3 cm³/mol. The molecular formula is C9H12B2FN3O4. The lowest BCUT2D eigenvalue weighted by Gasteiger charge is -2.34. The molecule has 0 saturated carbocycles. The number of rotatable bonds is 5. The molecule has 0 saturated heterocycles. The van der Waals surface area contributed by atoms with Gasteiger partial charge in [-0.2, -0.15) is 4.98 Å². The van der Waals surface area contributed by atoms with E-state index >= 15 is 0 Å². The van der Waals surface area contributed by atoms with Crippen LogP contribution < -0.4 is 11.4 Å². The van der Waals surface area contributed by atoms with Gasteiger partial charge in [0.2, 0.25) is 6.30 Å². The molecule has 1 rings (SSSR count). The number of halogens is 1. The molecule has 1 heterocycles. The molecule has 0 aromatic carbocycles. The number of nitrogen functional groups attached to an aromatic ring is 1. The molecule has 3 atom stereocenters. The average molecular weight is 267 g/mol. The van der Waals surface area contributed by atoms with Crippen molar-refractivity contribution in [2.75, 3.05) is 12.8 Å². The van der Waals surface area contributed by atoms with Gasteiger partial charge in [-0.3, -0.25) is 4.57 Å². The van der Waals surface area contributed by atoms with Crippen molar-refractivity contribution in [3.8, 4) is 0 Å². The number of methoxy groups -OCH3 is 1. The Kier molecular flexibility index (Phi) is 4.72. The van der Waals surface area contributed by atoms with E-state index in [1.54, 1.807) is 0 Å². The van der Waals surface area contributed by atoms with E-state index in [-0.39, 0.29) is 5.82 Å². The summed E-state index contributed by atoms with van der Waals surface area (Å²) in [6.07, 6.45) is -4.93. The third-order valence-corrected chi connectivity index (χ3v) is 2.42. The van der Waals surface area contributed by atoms with Gasteiger partial charge in [-0.1, -0.05) is 0 Å². The summed E-state index contributed by atoms with van der Waals surface area (Å²) in [7, 11) is 11.3. The summed E-state index contributed by atoms with van der Waals surface area (Å²) in [5.74, 6) is -0.0969. The lowest BCUT2D eigenvalue weighted by Crippen LogP contribution is -2.54. The quantitative estimate of drug-likeness (QED) is 0.515. The molecule has 4 N–H and O–H groups in total. The minimum Gasteiger partial charge on any atom is -0.406 e. The smallest absolute Gasteiger partial charge is 0.351 e. The first-order valence-electron chi connectivity index (χ1n) is 5.18. The average Bonchev–Trinajstić information content (AvgIpc) is 2.27. The molecule has 0 aliphatic heterocycles. The molecule has 0 spiro atoms. The Bertz CT molecular complexity index is 493. The van der Waals surface area contributed by atoms with Crippen LogP contribution >= 0.6 is 0 Å². The van der Waals surface area contributed by atoms with Gasteiger partial charge in [0.15, 0.2) is 0 Å². The number of nitrogens with zero attached hydrogens (tertiary/aromatic N) is 2. The first-order chi connectivity index (χ1) is 8.68. The fraction of sp³-hybridized carbons (Fsp3) is 0.556. The number of aromatic nitrogens is 2. The Morgan fingerprint density at radius 2 is 2.21 bits per heavy atom. The third-order valence-electron chi connectivity index (χ3n) is 2.42.